The second-order valence-electron chi connectivity index (χ2n) is 6.40. The third-order valence-electron chi connectivity index (χ3n) is 4.81. The Hall–Kier alpha value is -2.21. The summed E-state index contributed by atoms with van der Waals surface area (Å²) in [6.45, 7) is 8.86. The average molecular weight is 426 g/mol. The Labute approximate surface area is 178 Å². The van der Waals surface area contributed by atoms with Crippen LogP contribution >= 0.6 is 0 Å². The number of hydrogen-bond donors (Lipinski definition) is 1. The van der Waals surface area contributed by atoms with Gasteiger partial charge in [-0.2, -0.15) is 13.2 Å². The summed E-state index contributed by atoms with van der Waals surface area (Å²) in [6, 6.07) is 9.55. The number of fused-ring (bicyclic) bond motifs is 1. The fourth-order valence-corrected chi connectivity index (χ4v) is 3.40. The van der Waals surface area contributed by atoms with Crippen LogP contribution < -0.4 is 14.8 Å². The van der Waals surface area contributed by atoms with Gasteiger partial charge in [0.2, 0.25) is 0 Å². The summed E-state index contributed by atoms with van der Waals surface area (Å²) in [7, 11) is 3.23. The van der Waals surface area contributed by atoms with E-state index in [0.717, 1.165) is 42.8 Å². The van der Waals surface area contributed by atoms with Gasteiger partial charge in [-0.25, -0.2) is 0 Å². The molecule has 1 aliphatic rings. The predicted molar refractivity (Wildman–Crippen MR) is 116 cm³/mol. The van der Waals surface area contributed by atoms with Crippen molar-refractivity contribution < 1.29 is 22.6 Å². The first-order chi connectivity index (χ1) is 14.4. The van der Waals surface area contributed by atoms with E-state index < -0.39 is 11.7 Å². The first-order valence-corrected chi connectivity index (χ1v) is 10.6. The van der Waals surface area contributed by atoms with Crippen molar-refractivity contribution in [2.75, 3.05) is 20.8 Å². The monoisotopic (exact) mass is 425 g/mol. The number of halogens is 3. The van der Waals surface area contributed by atoms with Gasteiger partial charge in [0.05, 0.1) is 19.8 Å². The molecule has 1 aliphatic heterocycles. The molecule has 2 aromatic carbocycles. The molecule has 0 spiro atoms. The van der Waals surface area contributed by atoms with E-state index in [1.165, 1.54) is 11.1 Å². The molecule has 0 aromatic heterocycles. The zero-order valence-corrected chi connectivity index (χ0v) is 18.8. The lowest BCUT2D eigenvalue weighted by Crippen LogP contribution is -2.30. The van der Waals surface area contributed by atoms with E-state index in [2.05, 4.69) is 5.32 Å². The minimum Gasteiger partial charge on any atom is -0.493 e. The molecular formula is C24H34F3NO2. The number of alkyl halides is 3. The highest BCUT2D eigenvalue weighted by Gasteiger charge is 2.30. The summed E-state index contributed by atoms with van der Waals surface area (Å²) >= 11 is 0. The number of ether oxygens (including phenoxy) is 2. The van der Waals surface area contributed by atoms with E-state index in [1.54, 1.807) is 26.4 Å². The molecule has 3 nitrogen and oxygen atoms in total. The first kappa shape index (κ1) is 25.8. The van der Waals surface area contributed by atoms with Crippen LogP contribution in [-0.4, -0.2) is 20.8 Å². The number of hydrogen-bond acceptors (Lipinski definition) is 3. The fraction of sp³-hybridized carbons (Fsp3) is 0.500. The number of benzene rings is 2. The van der Waals surface area contributed by atoms with Crippen molar-refractivity contribution in [2.24, 2.45) is 0 Å². The van der Waals surface area contributed by atoms with Gasteiger partial charge in [0.25, 0.3) is 0 Å². The summed E-state index contributed by atoms with van der Waals surface area (Å²) in [5.41, 5.74) is 2.67. The van der Waals surface area contributed by atoms with Crippen LogP contribution in [0.25, 0.3) is 0 Å². The Morgan fingerprint density at radius 1 is 0.933 bits per heavy atom. The molecule has 1 heterocycles. The molecule has 30 heavy (non-hydrogen) atoms. The average Bonchev–Trinajstić information content (AvgIpc) is 2.79. The second-order valence-corrected chi connectivity index (χ2v) is 6.40. The molecule has 168 valence electrons. The SMILES string of the molecule is CC.CC.COc1cc2c(cc1OC)C(CCc1ccc(C(F)(F)F)cc1)NCC2. The normalized spacial score (nSPS) is 15.0. The summed E-state index contributed by atoms with van der Waals surface area (Å²) in [5.74, 6) is 1.41. The van der Waals surface area contributed by atoms with Crippen LogP contribution in [0.1, 0.15) is 62.4 Å². The predicted octanol–water partition coefficient (Wildman–Crippen LogP) is 6.59. The Kier molecular flexibility index (Phi) is 10.7. The van der Waals surface area contributed by atoms with E-state index in [0.29, 0.717) is 12.2 Å². The molecular weight excluding hydrogens is 391 g/mol. The zero-order valence-electron chi connectivity index (χ0n) is 18.8. The summed E-state index contributed by atoms with van der Waals surface area (Å²) in [5, 5.41) is 3.49. The van der Waals surface area contributed by atoms with Crippen molar-refractivity contribution in [1.29, 1.82) is 0 Å². The van der Waals surface area contributed by atoms with Crippen molar-refractivity contribution >= 4 is 0 Å². The largest absolute Gasteiger partial charge is 0.493 e. The van der Waals surface area contributed by atoms with Gasteiger partial charge >= 0.3 is 6.18 Å². The van der Waals surface area contributed by atoms with Gasteiger partial charge < -0.3 is 14.8 Å². The van der Waals surface area contributed by atoms with E-state index in [4.69, 9.17) is 9.47 Å². The number of rotatable bonds is 5. The number of nitrogens with one attached hydrogen (secondary N) is 1. The van der Waals surface area contributed by atoms with Gasteiger partial charge in [-0.15, -0.1) is 0 Å². The van der Waals surface area contributed by atoms with Crippen LogP contribution in [0.3, 0.4) is 0 Å². The molecule has 0 fully saturated rings. The Morgan fingerprint density at radius 3 is 2.03 bits per heavy atom. The van der Waals surface area contributed by atoms with Gasteiger partial charge in [-0.3, -0.25) is 0 Å². The van der Waals surface area contributed by atoms with Crippen LogP contribution in [0.15, 0.2) is 36.4 Å². The molecule has 6 heteroatoms. The molecule has 1 N–H and O–H groups in total. The summed E-state index contributed by atoms with van der Waals surface area (Å²) in [4.78, 5) is 0. The molecule has 3 rings (SSSR count). The van der Waals surface area contributed by atoms with Gasteiger partial charge in [0.1, 0.15) is 0 Å². The van der Waals surface area contributed by atoms with Crippen molar-refractivity contribution in [3.63, 3.8) is 0 Å². The quantitative estimate of drug-likeness (QED) is 0.586. The molecule has 0 aliphatic carbocycles. The minimum atomic E-state index is -4.29. The fourth-order valence-electron chi connectivity index (χ4n) is 3.40. The highest BCUT2D eigenvalue weighted by Crippen LogP contribution is 2.36. The topological polar surface area (TPSA) is 30.5 Å². The van der Waals surface area contributed by atoms with Crippen LogP contribution in [0.2, 0.25) is 0 Å². The maximum absolute atomic E-state index is 12.7. The van der Waals surface area contributed by atoms with Gasteiger partial charge in [-0.05, 0) is 66.8 Å². The number of methoxy groups -OCH3 is 2. The van der Waals surface area contributed by atoms with Crippen LogP contribution in [-0.2, 0) is 19.0 Å². The lowest BCUT2D eigenvalue weighted by atomic mass is 9.90. The molecule has 0 amide bonds. The Morgan fingerprint density at radius 2 is 1.50 bits per heavy atom. The highest BCUT2D eigenvalue weighted by atomic mass is 19.4. The van der Waals surface area contributed by atoms with E-state index in [9.17, 15) is 13.2 Å². The van der Waals surface area contributed by atoms with Crippen LogP contribution in [0, 0.1) is 0 Å². The summed E-state index contributed by atoms with van der Waals surface area (Å²) < 4.78 is 48.8. The highest BCUT2D eigenvalue weighted by molar-refractivity contribution is 5.49. The van der Waals surface area contributed by atoms with Crippen molar-refractivity contribution in [3.05, 3.63) is 58.7 Å². The Bertz CT molecular complexity index is 758. The third kappa shape index (κ3) is 6.66. The maximum atomic E-state index is 12.7. The lowest BCUT2D eigenvalue weighted by Gasteiger charge is -2.28. The standard InChI is InChI=1S/C20H22F3NO2.2C2H6/c1-25-18-11-14-9-10-24-17(16(14)12-19(18)26-2)8-5-13-3-6-15(7-4-13)20(21,22)23;2*1-2/h3-4,6-7,11-12,17,24H,5,8-10H2,1-2H3;2*1-2H3. The zero-order chi connectivity index (χ0) is 22.7. The molecule has 2 aromatic rings. The van der Waals surface area contributed by atoms with Crippen molar-refractivity contribution in [1.82, 2.24) is 5.32 Å². The van der Waals surface area contributed by atoms with E-state index in [-0.39, 0.29) is 6.04 Å². The first-order valence-electron chi connectivity index (χ1n) is 10.6. The Balaban J connectivity index is 0.00000106. The van der Waals surface area contributed by atoms with Gasteiger partial charge in [0, 0.05) is 6.04 Å². The second kappa shape index (κ2) is 12.5. The molecule has 1 unspecified atom stereocenters. The van der Waals surface area contributed by atoms with E-state index >= 15 is 0 Å². The molecule has 1 atom stereocenters. The van der Waals surface area contributed by atoms with Crippen molar-refractivity contribution in [3.8, 4) is 11.5 Å². The van der Waals surface area contributed by atoms with Gasteiger partial charge in [-0.1, -0.05) is 39.8 Å². The third-order valence-corrected chi connectivity index (χ3v) is 4.81. The summed E-state index contributed by atoms with van der Waals surface area (Å²) in [6.07, 6.45) is -1.89. The van der Waals surface area contributed by atoms with Crippen molar-refractivity contribution in [2.45, 2.75) is 59.2 Å². The molecule has 0 saturated carbocycles. The smallest absolute Gasteiger partial charge is 0.416 e. The molecule has 0 radical (unpaired) electrons. The molecule has 0 saturated heterocycles. The maximum Gasteiger partial charge on any atom is 0.416 e. The van der Waals surface area contributed by atoms with E-state index in [1.807, 2.05) is 39.8 Å². The minimum absolute atomic E-state index is 0.140. The van der Waals surface area contributed by atoms with Gasteiger partial charge in [0.15, 0.2) is 11.5 Å². The number of aryl methyl sites for hydroxylation is 1. The van der Waals surface area contributed by atoms with Crippen LogP contribution in [0.4, 0.5) is 13.2 Å². The molecule has 0 bridgehead atoms. The van der Waals surface area contributed by atoms with Crippen LogP contribution in [0.5, 0.6) is 11.5 Å². The lowest BCUT2D eigenvalue weighted by molar-refractivity contribution is -0.137.